The molecule has 0 radical (unpaired) electrons. The number of halogens is 2. The summed E-state index contributed by atoms with van der Waals surface area (Å²) in [6.45, 7) is 6.80. The molecule has 3 atom stereocenters. The predicted octanol–water partition coefficient (Wildman–Crippen LogP) is 2.68. The third kappa shape index (κ3) is 3.53. The first-order valence-corrected chi connectivity index (χ1v) is 6.56. The molecule has 0 bridgehead atoms. The Kier molecular flexibility index (Phi) is 4.38. The maximum Gasteiger partial charge on any atom is 0.411 e. The van der Waals surface area contributed by atoms with Gasteiger partial charge in [0.2, 0.25) is 3.79 Å². The average molecular weight is 357 g/mol. The Morgan fingerprint density at radius 1 is 1.41 bits per heavy atom. The summed E-state index contributed by atoms with van der Waals surface area (Å²) < 4.78 is 18.5. The van der Waals surface area contributed by atoms with E-state index in [-0.39, 0.29) is 10.2 Å². The molecule has 1 heterocycles. The van der Waals surface area contributed by atoms with Gasteiger partial charge >= 0.3 is 6.09 Å². The first-order chi connectivity index (χ1) is 7.63. The molecule has 0 unspecified atom stereocenters. The molecule has 0 aromatic heterocycles. The van der Waals surface area contributed by atoms with Gasteiger partial charge in [-0.15, -0.1) is 0 Å². The molecule has 0 aromatic rings. The van der Waals surface area contributed by atoms with Crippen molar-refractivity contribution in [2.45, 2.75) is 58.0 Å². The highest BCUT2D eigenvalue weighted by Gasteiger charge is 2.45. The minimum atomic E-state index is -1.17. The van der Waals surface area contributed by atoms with Crippen molar-refractivity contribution in [2.24, 2.45) is 0 Å². The number of amides is 1. The van der Waals surface area contributed by atoms with E-state index >= 15 is 0 Å². The van der Waals surface area contributed by atoms with Gasteiger partial charge in [-0.2, -0.15) is 0 Å². The van der Waals surface area contributed by atoms with Crippen molar-refractivity contribution < 1.29 is 18.7 Å². The molecule has 0 spiro atoms. The molecule has 0 aromatic carbocycles. The van der Waals surface area contributed by atoms with E-state index in [1.165, 1.54) is 4.90 Å². The number of nitrogens with zero attached hydrogens (tertiary/aromatic N) is 1. The smallest absolute Gasteiger partial charge is 0.411 e. The molecule has 0 aliphatic carbocycles. The highest BCUT2D eigenvalue weighted by molar-refractivity contribution is 14.1. The average Bonchev–Trinajstić information content (AvgIpc) is 2.40. The molecule has 1 amide bonds. The van der Waals surface area contributed by atoms with Crippen LogP contribution in [0.5, 0.6) is 0 Å². The number of hydrogen-bond acceptors (Lipinski definition) is 3. The number of rotatable bonds is 1. The van der Waals surface area contributed by atoms with E-state index in [1.54, 1.807) is 50.3 Å². The van der Waals surface area contributed by atoms with Crippen LogP contribution in [0.25, 0.3) is 0 Å². The third-order valence-corrected chi connectivity index (χ3v) is 3.33. The molecule has 98 valence electrons. The quantitative estimate of drug-likeness (QED) is 0.536. The number of likely N-dealkylation sites (tertiary alicyclic amines) is 1. The molecule has 17 heavy (non-hydrogen) atoms. The lowest BCUT2D eigenvalue weighted by Crippen LogP contribution is -2.46. The number of alkyl halides is 1. The predicted molar refractivity (Wildman–Crippen MR) is 69.9 cm³/mol. The first-order valence-electron chi connectivity index (χ1n) is 5.48. The van der Waals surface area contributed by atoms with E-state index in [4.69, 9.17) is 4.74 Å². The number of ether oxygens (including phenoxy) is 1. The summed E-state index contributed by atoms with van der Waals surface area (Å²) in [6, 6.07) is -1.33. The van der Waals surface area contributed by atoms with Gasteiger partial charge in [-0.3, -0.25) is 9.69 Å². The highest BCUT2D eigenvalue weighted by atomic mass is 127. The van der Waals surface area contributed by atoms with Crippen molar-refractivity contribution in [1.82, 2.24) is 4.90 Å². The maximum absolute atomic E-state index is 13.6. The summed E-state index contributed by atoms with van der Waals surface area (Å²) in [4.78, 5) is 24.5. The molecule has 6 heteroatoms. The molecular weight excluding hydrogens is 340 g/mol. The second-order valence-electron chi connectivity index (χ2n) is 5.20. The Morgan fingerprint density at radius 2 is 1.94 bits per heavy atom. The van der Waals surface area contributed by atoms with Crippen LogP contribution in [0.4, 0.5) is 9.18 Å². The molecule has 1 aliphatic rings. The summed E-state index contributed by atoms with van der Waals surface area (Å²) >= 11 is 1.60. The maximum atomic E-state index is 13.6. The number of carbonyl (C=O) groups is 2. The molecule has 0 N–H and O–H groups in total. The van der Waals surface area contributed by atoms with Crippen molar-refractivity contribution in [3.8, 4) is 0 Å². The normalized spacial score (nSPS) is 29.3. The van der Waals surface area contributed by atoms with E-state index in [0.717, 1.165) is 0 Å². The Hall–Kier alpha value is -0.400. The van der Waals surface area contributed by atoms with Crippen molar-refractivity contribution >= 4 is 32.5 Å². The number of hydrogen-bond donors (Lipinski definition) is 0. The summed E-state index contributed by atoms with van der Waals surface area (Å²) in [7, 11) is 0. The van der Waals surface area contributed by atoms with E-state index in [1.807, 2.05) is 0 Å². The van der Waals surface area contributed by atoms with Crippen LogP contribution < -0.4 is 0 Å². The molecular formula is C11H17FINO3. The third-order valence-electron chi connectivity index (χ3n) is 2.61. The first kappa shape index (κ1) is 14.7. The fraction of sp³-hybridized carbons (Fsp3) is 0.818. The zero-order valence-electron chi connectivity index (χ0n) is 10.4. The van der Waals surface area contributed by atoms with Crippen molar-refractivity contribution in [2.75, 3.05) is 0 Å². The molecule has 1 saturated heterocycles. The summed E-state index contributed by atoms with van der Waals surface area (Å²) in [5.41, 5.74) is -0.649. The zero-order valence-corrected chi connectivity index (χ0v) is 12.5. The van der Waals surface area contributed by atoms with Gasteiger partial charge < -0.3 is 4.74 Å². The second kappa shape index (κ2) is 5.07. The lowest BCUT2D eigenvalue weighted by Gasteiger charge is -2.29. The van der Waals surface area contributed by atoms with Crippen LogP contribution in [0.2, 0.25) is 0 Å². The van der Waals surface area contributed by atoms with E-state index in [9.17, 15) is 14.0 Å². The van der Waals surface area contributed by atoms with Crippen LogP contribution in [0, 0.1) is 0 Å². The van der Waals surface area contributed by atoms with Crippen molar-refractivity contribution in [1.29, 1.82) is 0 Å². The molecule has 1 aliphatic heterocycles. The van der Waals surface area contributed by atoms with Gasteiger partial charge in [-0.05, 0) is 27.7 Å². The molecule has 4 nitrogen and oxygen atoms in total. The summed E-state index contributed by atoms with van der Waals surface area (Å²) in [6.07, 6.45) is -1.74. The topological polar surface area (TPSA) is 46.6 Å². The van der Waals surface area contributed by atoms with Gasteiger partial charge in [0.1, 0.15) is 17.8 Å². The lowest BCUT2D eigenvalue weighted by molar-refractivity contribution is -0.113. The Labute approximate surface area is 114 Å². The van der Waals surface area contributed by atoms with Crippen molar-refractivity contribution in [3.05, 3.63) is 0 Å². The van der Waals surface area contributed by atoms with Crippen molar-refractivity contribution in [3.63, 3.8) is 0 Å². The van der Waals surface area contributed by atoms with Crippen LogP contribution in [0.15, 0.2) is 0 Å². The monoisotopic (exact) mass is 357 g/mol. The van der Waals surface area contributed by atoms with Gasteiger partial charge in [-0.25, -0.2) is 9.18 Å². The van der Waals surface area contributed by atoms with Crippen LogP contribution in [-0.4, -0.2) is 38.6 Å². The second-order valence-corrected chi connectivity index (χ2v) is 6.26. The standard InChI is InChI=1S/C11H17FINO3/c1-6-7(12)5-8(9(13)15)14(6)10(16)17-11(2,3)4/h6-8H,5H2,1-4H3/t6-,7+,8-/m0/s1. The number of carbonyl (C=O) groups excluding carboxylic acids is 2. The van der Waals surface area contributed by atoms with Crippen LogP contribution in [0.1, 0.15) is 34.1 Å². The largest absolute Gasteiger partial charge is 0.444 e. The Morgan fingerprint density at radius 3 is 2.35 bits per heavy atom. The minimum Gasteiger partial charge on any atom is -0.444 e. The van der Waals surface area contributed by atoms with Crippen LogP contribution in [0.3, 0.4) is 0 Å². The van der Waals surface area contributed by atoms with E-state index in [0.29, 0.717) is 0 Å². The fourth-order valence-electron chi connectivity index (χ4n) is 1.79. The molecule has 0 saturated carbocycles. The van der Waals surface area contributed by atoms with Gasteiger partial charge in [-0.1, -0.05) is 0 Å². The van der Waals surface area contributed by atoms with Gasteiger partial charge in [0.25, 0.3) is 0 Å². The van der Waals surface area contributed by atoms with Crippen LogP contribution >= 0.6 is 22.6 Å². The minimum absolute atomic E-state index is 0.0577. The van der Waals surface area contributed by atoms with Gasteiger partial charge in [0, 0.05) is 29.0 Å². The van der Waals surface area contributed by atoms with Crippen LogP contribution in [-0.2, 0) is 9.53 Å². The summed E-state index contributed by atoms with van der Waals surface area (Å²) in [5.74, 6) is 0. The summed E-state index contributed by atoms with van der Waals surface area (Å²) in [5, 5.41) is 0. The van der Waals surface area contributed by atoms with E-state index in [2.05, 4.69) is 0 Å². The zero-order chi connectivity index (χ0) is 13.4. The SMILES string of the molecule is C[C@H]1[C@H](F)C[C@@H](C(=O)I)N1C(=O)OC(C)(C)C. The Bertz CT molecular complexity index is 329. The fourth-order valence-corrected chi connectivity index (χ4v) is 2.35. The highest BCUT2D eigenvalue weighted by Crippen LogP contribution is 2.30. The lowest BCUT2D eigenvalue weighted by atomic mass is 10.2. The Balaban J connectivity index is 2.85. The van der Waals surface area contributed by atoms with Gasteiger partial charge in [0.15, 0.2) is 0 Å². The van der Waals surface area contributed by atoms with E-state index < -0.39 is 29.9 Å². The van der Waals surface area contributed by atoms with Gasteiger partial charge in [0.05, 0.1) is 6.04 Å². The molecule has 1 rings (SSSR count). The molecule has 1 fully saturated rings.